The molecule has 4 nitrogen and oxygen atoms in total. The van der Waals surface area contributed by atoms with Crippen molar-refractivity contribution in [1.82, 2.24) is 0 Å². The summed E-state index contributed by atoms with van der Waals surface area (Å²) in [4.78, 5) is 0. The van der Waals surface area contributed by atoms with Crippen LogP contribution < -0.4 is 0 Å². The third-order valence-electron chi connectivity index (χ3n) is 4.02. The van der Waals surface area contributed by atoms with Crippen LogP contribution in [0.1, 0.15) is 26.3 Å². The molecule has 0 unspecified atom stereocenters. The zero-order chi connectivity index (χ0) is 15.8. The van der Waals surface area contributed by atoms with E-state index < -0.39 is 12.2 Å². The van der Waals surface area contributed by atoms with Gasteiger partial charge in [0, 0.05) is 24.4 Å². The normalized spacial score (nSPS) is 18.8. The predicted octanol–water partition coefficient (Wildman–Crippen LogP) is 1.83. The van der Waals surface area contributed by atoms with Gasteiger partial charge in [0.25, 0.3) is 0 Å². The van der Waals surface area contributed by atoms with Gasteiger partial charge < -0.3 is 20.1 Å². The quantitative estimate of drug-likeness (QED) is 0.650. The van der Waals surface area contributed by atoms with Gasteiger partial charge in [-0.25, -0.2) is 0 Å². The van der Waals surface area contributed by atoms with E-state index in [-0.39, 0.29) is 24.4 Å². The molecule has 0 amide bonds. The summed E-state index contributed by atoms with van der Waals surface area (Å²) in [6.07, 6.45) is -1.38. The highest BCUT2D eigenvalue weighted by Crippen LogP contribution is 2.21. The standard InChI is InChI=1S/C17H28O4/c1-12(9-18)16(19)14(3)17(20)13(2)10-21-11-15-7-5-4-6-8-15/h4-8,12-14,16-20H,9-11H2,1-3H3/t12-,13+,14+,16+,17+/m1/s1. The summed E-state index contributed by atoms with van der Waals surface area (Å²) in [6, 6.07) is 9.88. The number of ether oxygens (including phenoxy) is 1. The molecule has 1 aromatic rings. The molecule has 1 aromatic carbocycles. The summed E-state index contributed by atoms with van der Waals surface area (Å²) in [5, 5.41) is 29.4. The second-order valence-corrected chi connectivity index (χ2v) is 5.98. The van der Waals surface area contributed by atoms with Gasteiger partial charge in [0.15, 0.2) is 0 Å². The lowest BCUT2D eigenvalue weighted by Crippen LogP contribution is -2.39. The maximum Gasteiger partial charge on any atom is 0.0717 e. The van der Waals surface area contributed by atoms with Gasteiger partial charge in [0.2, 0.25) is 0 Å². The molecule has 21 heavy (non-hydrogen) atoms. The number of benzene rings is 1. The Kier molecular flexibility index (Phi) is 7.89. The molecule has 1 rings (SSSR count). The van der Waals surface area contributed by atoms with E-state index in [1.807, 2.05) is 37.3 Å². The number of aliphatic hydroxyl groups is 3. The summed E-state index contributed by atoms with van der Waals surface area (Å²) in [5.41, 5.74) is 1.10. The smallest absolute Gasteiger partial charge is 0.0717 e. The molecule has 0 aliphatic carbocycles. The van der Waals surface area contributed by atoms with Crippen LogP contribution in [0.4, 0.5) is 0 Å². The van der Waals surface area contributed by atoms with Crippen LogP contribution in [0.5, 0.6) is 0 Å². The maximum atomic E-state index is 10.3. The first-order valence-corrected chi connectivity index (χ1v) is 7.56. The second kappa shape index (κ2) is 9.15. The lowest BCUT2D eigenvalue weighted by Gasteiger charge is -2.31. The van der Waals surface area contributed by atoms with Crippen molar-refractivity contribution in [2.75, 3.05) is 13.2 Å². The topological polar surface area (TPSA) is 69.9 Å². The summed E-state index contributed by atoms with van der Waals surface area (Å²) in [6.45, 7) is 6.34. The van der Waals surface area contributed by atoms with Gasteiger partial charge in [-0.2, -0.15) is 0 Å². The molecular formula is C17H28O4. The minimum absolute atomic E-state index is 0.0794. The largest absolute Gasteiger partial charge is 0.396 e. The molecular weight excluding hydrogens is 268 g/mol. The molecule has 0 heterocycles. The van der Waals surface area contributed by atoms with Crippen LogP contribution in [0.15, 0.2) is 30.3 Å². The molecule has 5 atom stereocenters. The molecule has 0 aliphatic heterocycles. The highest BCUT2D eigenvalue weighted by molar-refractivity contribution is 5.13. The molecule has 0 saturated heterocycles. The first kappa shape index (κ1) is 18.1. The second-order valence-electron chi connectivity index (χ2n) is 5.98. The van der Waals surface area contributed by atoms with E-state index >= 15 is 0 Å². The van der Waals surface area contributed by atoms with E-state index in [2.05, 4.69) is 0 Å². The first-order valence-electron chi connectivity index (χ1n) is 7.56. The monoisotopic (exact) mass is 296 g/mol. The summed E-state index contributed by atoms with van der Waals surface area (Å²) < 4.78 is 5.63. The SMILES string of the molecule is C[C@@H]([C@@H](O)[C@H](C)CO)[C@@H](O)[C@@H](C)COCc1ccccc1. The van der Waals surface area contributed by atoms with Gasteiger partial charge in [0.1, 0.15) is 0 Å². The molecule has 4 heteroatoms. The van der Waals surface area contributed by atoms with Gasteiger partial charge in [-0.1, -0.05) is 51.1 Å². The van der Waals surface area contributed by atoms with Crippen molar-refractivity contribution >= 4 is 0 Å². The van der Waals surface area contributed by atoms with Crippen LogP contribution in [-0.2, 0) is 11.3 Å². The molecule has 120 valence electrons. The Bertz CT molecular complexity index is 382. The molecule has 0 saturated carbocycles. The molecule has 0 aromatic heterocycles. The Balaban J connectivity index is 2.38. The van der Waals surface area contributed by atoms with Crippen molar-refractivity contribution in [3.05, 3.63) is 35.9 Å². The fourth-order valence-corrected chi connectivity index (χ4v) is 2.38. The minimum atomic E-state index is -0.721. The minimum Gasteiger partial charge on any atom is -0.396 e. The van der Waals surface area contributed by atoms with Gasteiger partial charge in [-0.05, 0) is 5.56 Å². The van der Waals surface area contributed by atoms with E-state index in [9.17, 15) is 10.2 Å². The molecule has 0 fully saturated rings. The Labute approximate surface area is 127 Å². The van der Waals surface area contributed by atoms with Crippen LogP contribution in [0, 0.1) is 17.8 Å². The van der Waals surface area contributed by atoms with E-state index in [1.165, 1.54) is 0 Å². The van der Waals surface area contributed by atoms with Crippen molar-refractivity contribution in [1.29, 1.82) is 0 Å². The van der Waals surface area contributed by atoms with Gasteiger partial charge >= 0.3 is 0 Å². The first-order chi connectivity index (χ1) is 9.97. The Hall–Kier alpha value is -0.940. The van der Waals surface area contributed by atoms with Gasteiger partial charge in [-0.15, -0.1) is 0 Å². The fourth-order valence-electron chi connectivity index (χ4n) is 2.38. The molecule has 0 radical (unpaired) electrons. The average molecular weight is 296 g/mol. The molecule has 0 bridgehead atoms. The predicted molar refractivity (Wildman–Crippen MR) is 82.7 cm³/mol. The molecule has 3 N–H and O–H groups in total. The number of hydrogen-bond donors (Lipinski definition) is 3. The van der Waals surface area contributed by atoms with Crippen LogP contribution in [-0.4, -0.2) is 40.7 Å². The maximum absolute atomic E-state index is 10.3. The van der Waals surface area contributed by atoms with Crippen molar-refractivity contribution in [3.63, 3.8) is 0 Å². The summed E-state index contributed by atoms with van der Waals surface area (Å²) >= 11 is 0. The van der Waals surface area contributed by atoms with Crippen molar-refractivity contribution in [3.8, 4) is 0 Å². The third-order valence-corrected chi connectivity index (χ3v) is 4.02. The molecule has 0 spiro atoms. The Morgan fingerprint density at radius 3 is 2.10 bits per heavy atom. The van der Waals surface area contributed by atoms with Crippen LogP contribution in [0.2, 0.25) is 0 Å². The highest BCUT2D eigenvalue weighted by atomic mass is 16.5. The lowest BCUT2D eigenvalue weighted by molar-refractivity contribution is -0.0556. The third kappa shape index (κ3) is 5.75. The van der Waals surface area contributed by atoms with Crippen LogP contribution in [0.3, 0.4) is 0 Å². The Morgan fingerprint density at radius 1 is 0.952 bits per heavy atom. The Morgan fingerprint density at radius 2 is 1.52 bits per heavy atom. The molecule has 0 aliphatic rings. The zero-order valence-corrected chi connectivity index (χ0v) is 13.1. The zero-order valence-electron chi connectivity index (χ0n) is 13.1. The van der Waals surface area contributed by atoms with Crippen molar-refractivity contribution < 1.29 is 20.1 Å². The van der Waals surface area contributed by atoms with E-state index in [1.54, 1.807) is 13.8 Å². The lowest BCUT2D eigenvalue weighted by atomic mass is 9.85. The number of rotatable bonds is 9. The summed E-state index contributed by atoms with van der Waals surface area (Å²) in [7, 11) is 0. The van der Waals surface area contributed by atoms with Crippen molar-refractivity contribution in [2.45, 2.75) is 39.6 Å². The van der Waals surface area contributed by atoms with E-state index in [0.717, 1.165) is 5.56 Å². The fraction of sp³-hybridized carbons (Fsp3) is 0.647. The van der Waals surface area contributed by atoms with Crippen LogP contribution in [0.25, 0.3) is 0 Å². The number of aliphatic hydroxyl groups excluding tert-OH is 3. The summed E-state index contributed by atoms with van der Waals surface area (Å²) in [5.74, 6) is -0.626. The van der Waals surface area contributed by atoms with E-state index in [4.69, 9.17) is 9.84 Å². The van der Waals surface area contributed by atoms with Crippen molar-refractivity contribution in [2.24, 2.45) is 17.8 Å². The highest BCUT2D eigenvalue weighted by Gasteiger charge is 2.30. The number of hydrogen-bond acceptors (Lipinski definition) is 4. The van der Waals surface area contributed by atoms with Gasteiger partial charge in [0.05, 0.1) is 25.4 Å². The van der Waals surface area contributed by atoms with Crippen LogP contribution >= 0.6 is 0 Å². The van der Waals surface area contributed by atoms with Gasteiger partial charge in [-0.3, -0.25) is 0 Å². The average Bonchev–Trinajstić information content (AvgIpc) is 2.52. The van der Waals surface area contributed by atoms with E-state index in [0.29, 0.717) is 13.2 Å².